The third-order valence-electron chi connectivity index (χ3n) is 2.71. The molecule has 86 valence electrons. The summed E-state index contributed by atoms with van der Waals surface area (Å²) in [6.07, 6.45) is 1.19. The number of hydrogen-bond acceptors (Lipinski definition) is 4. The minimum absolute atomic E-state index is 0.570. The van der Waals surface area contributed by atoms with Crippen LogP contribution in [0.2, 0.25) is 0 Å². The second-order valence-electron chi connectivity index (χ2n) is 3.97. The molecular weight excluding hydrogens is 250 g/mol. The summed E-state index contributed by atoms with van der Waals surface area (Å²) in [7, 11) is 0. The second-order valence-corrected chi connectivity index (χ2v) is 6.03. The molecule has 3 aromatic rings. The minimum atomic E-state index is -0.570. The van der Waals surface area contributed by atoms with Gasteiger partial charge in [0.05, 0.1) is 10.2 Å². The summed E-state index contributed by atoms with van der Waals surface area (Å²) < 4.78 is 1.12. The zero-order valence-corrected chi connectivity index (χ0v) is 10.9. The standard InChI is InChI=1S/C13H11NOS2/c1-8-4-10(7-17-8)13(15)9-5-12-11(14-6-9)2-3-16-12/h2-7,13,15H,1H3. The van der Waals surface area contributed by atoms with Crippen molar-refractivity contribution in [1.82, 2.24) is 4.98 Å². The fraction of sp³-hybridized carbons (Fsp3) is 0.154. The van der Waals surface area contributed by atoms with E-state index in [4.69, 9.17) is 0 Å². The Kier molecular flexibility index (Phi) is 2.70. The van der Waals surface area contributed by atoms with Crippen LogP contribution in [0.25, 0.3) is 10.2 Å². The number of aliphatic hydroxyl groups is 1. The lowest BCUT2D eigenvalue weighted by molar-refractivity contribution is 0.220. The van der Waals surface area contributed by atoms with Crippen molar-refractivity contribution in [3.63, 3.8) is 0 Å². The summed E-state index contributed by atoms with van der Waals surface area (Å²) >= 11 is 3.30. The average Bonchev–Trinajstić information content (AvgIpc) is 2.95. The monoisotopic (exact) mass is 261 g/mol. The van der Waals surface area contributed by atoms with Gasteiger partial charge >= 0.3 is 0 Å². The van der Waals surface area contributed by atoms with Crippen LogP contribution in [0.4, 0.5) is 0 Å². The summed E-state index contributed by atoms with van der Waals surface area (Å²) in [6, 6.07) is 6.03. The Morgan fingerprint density at radius 1 is 1.24 bits per heavy atom. The molecule has 3 aromatic heterocycles. The van der Waals surface area contributed by atoms with Gasteiger partial charge in [-0.2, -0.15) is 0 Å². The van der Waals surface area contributed by atoms with E-state index >= 15 is 0 Å². The zero-order valence-electron chi connectivity index (χ0n) is 9.25. The van der Waals surface area contributed by atoms with Crippen molar-refractivity contribution in [3.05, 3.63) is 51.2 Å². The molecule has 4 heteroatoms. The summed E-state index contributed by atoms with van der Waals surface area (Å²) in [5.74, 6) is 0. The summed E-state index contributed by atoms with van der Waals surface area (Å²) in [6.45, 7) is 2.04. The predicted octanol–water partition coefficient (Wildman–Crippen LogP) is 3.75. The van der Waals surface area contributed by atoms with Gasteiger partial charge in [-0.05, 0) is 41.4 Å². The van der Waals surface area contributed by atoms with Crippen LogP contribution < -0.4 is 0 Å². The molecule has 0 aliphatic carbocycles. The van der Waals surface area contributed by atoms with Gasteiger partial charge in [0.15, 0.2) is 0 Å². The number of aromatic nitrogens is 1. The molecule has 0 saturated carbocycles. The van der Waals surface area contributed by atoms with Crippen LogP contribution >= 0.6 is 22.7 Å². The van der Waals surface area contributed by atoms with E-state index in [1.165, 1.54) is 4.88 Å². The van der Waals surface area contributed by atoms with E-state index in [-0.39, 0.29) is 0 Å². The lowest BCUT2D eigenvalue weighted by Crippen LogP contribution is -1.98. The molecule has 3 heterocycles. The molecule has 1 atom stereocenters. The van der Waals surface area contributed by atoms with Gasteiger partial charge in [0.2, 0.25) is 0 Å². The lowest BCUT2D eigenvalue weighted by atomic mass is 10.1. The number of aryl methyl sites for hydroxylation is 1. The number of aliphatic hydroxyl groups excluding tert-OH is 1. The highest BCUT2D eigenvalue weighted by Crippen LogP contribution is 2.28. The Balaban J connectivity index is 2.02. The number of pyridine rings is 1. The highest BCUT2D eigenvalue weighted by molar-refractivity contribution is 7.17. The Labute approximate surface area is 107 Å². The first kappa shape index (κ1) is 10.9. The molecule has 0 radical (unpaired) electrons. The molecule has 1 N–H and O–H groups in total. The van der Waals surface area contributed by atoms with Crippen molar-refractivity contribution >= 4 is 32.9 Å². The Bertz CT molecular complexity index is 656. The maximum Gasteiger partial charge on any atom is 0.106 e. The van der Waals surface area contributed by atoms with Gasteiger partial charge in [-0.25, -0.2) is 0 Å². The van der Waals surface area contributed by atoms with E-state index in [9.17, 15) is 5.11 Å². The normalized spacial score (nSPS) is 13.1. The Morgan fingerprint density at radius 3 is 2.88 bits per heavy atom. The van der Waals surface area contributed by atoms with E-state index < -0.39 is 6.10 Å². The quantitative estimate of drug-likeness (QED) is 0.762. The molecular formula is C13H11NOS2. The smallest absolute Gasteiger partial charge is 0.106 e. The van der Waals surface area contributed by atoms with Crippen LogP contribution in [0.1, 0.15) is 22.1 Å². The average molecular weight is 261 g/mol. The molecule has 0 fully saturated rings. The van der Waals surface area contributed by atoms with Crippen LogP contribution in [0.5, 0.6) is 0 Å². The molecule has 0 saturated heterocycles. The molecule has 0 aliphatic heterocycles. The third kappa shape index (κ3) is 1.99. The number of rotatable bonds is 2. The van der Waals surface area contributed by atoms with E-state index in [0.29, 0.717) is 0 Å². The molecule has 0 aliphatic rings. The van der Waals surface area contributed by atoms with Crippen molar-refractivity contribution in [3.8, 4) is 0 Å². The fourth-order valence-corrected chi connectivity index (χ4v) is 3.32. The van der Waals surface area contributed by atoms with Crippen molar-refractivity contribution in [2.75, 3.05) is 0 Å². The zero-order chi connectivity index (χ0) is 11.8. The van der Waals surface area contributed by atoms with Gasteiger partial charge in [0.1, 0.15) is 6.10 Å². The van der Waals surface area contributed by atoms with Gasteiger partial charge < -0.3 is 5.11 Å². The molecule has 3 rings (SSSR count). The van der Waals surface area contributed by atoms with Gasteiger partial charge in [-0.3, -0.25) is 4.98 Å². The lowest BCUT2D eigenvalue weighted by Gasteiger charge is -2.08. The topological polar surface area (TPSA) is 33.1 Å². The third-order valence-corrected chi connectivity index (χ3v) is 4.44. The first-order chi connectivity index (χ1) is 8.24. The SMILES string of the molecule is Cc1cc(C(O)c2cnc3ccsc3c2)cs1. The molecule has 1 unspecified atom stereocenters. The molecule has 0 bridgehead atoms. The van der Waals surface area contributed by atoms with E-state index in [2.05, 4.69) is 4.98 Å². The molecule has 2 nitrogen and oxygen atoms in total. The highest BCUT2D eigenvalue weighted by Gasteiger charge is 2.13. The number of thiophene rings is 2. The first-order valence-electron chi connectivity index (χ1n) is 5.30. The minimum Gasteiger partial charge on any atom is -0.384 e. The summed E-state index contributed by atoms with van der Waals surface area (Å²) in [5.41, 5.74) is 2.80. The number of nitrogens with zero attached hydrogens (tertiary/aromatic N) is 1. The molecule has 0 aromatic carbocycles. The maximum absolute atomic E-state index is 10.3. The molecule has 0 amide bonds. The second kappa shape index (κ2) is 4.22. The Morgan fingerprint density at radius 2 is 2.12 bits per heavy atom. The van der Waals surface area contributed by atoms with Gasteiger partial charge in [-0.15, -0.1) is 22.7 Å². The molecule has 0 spiro atoms. The largest absolute Gasteiger partial charge is 0.384 e. The van der Waals surface area contributed by atoms with Gasteiger partial charge in [0.25, 0.3) is 0 Å². The fourth-order valence-electron chi connectivity index (χ4n) is 1.81. The van der Waals surface area contributed by atoms with E-state index in [1.807, 2.05) is 35.9 Å². The van der Waals surface area contributed by atoms with Crippen LogP contribution in [0.3, 0.4) is 0 Å². The van der Waals surface area contributed by atoms with Crippen molar-refractivity contribution in [2.24, 2.45) is 0 Å². The number of hydrogen-bond donors (Lipinski definition) is 1. The first-order valence-corrected chi connectivity index (χ1v) is 7.06. The van der Waals surface area contributed by atoms with Crippen LogP contribution in [0.15, 0.2) is 35.2 Å². The molecule has 17 heavy (non-hydrogen) atoms. The summed E-state index contributed by atoms with van der Waals surface area (Å²) in [4.78, 5) is 5.56. The van der Waals surface area contributed by atoms with Crippen molar-refractivity contribution < 1.29 is 5.11 Å². The van der Waals surface area contributed by atoms with E-state index in [1.54, 1.807) is 28.9 Å². The number of fused-ring (bicyclic) bond motifs is 1. The van der Waals surface area contributed by atoms with Gasteiger partial charge in [0, 0.05) is 16.6 Å². The highest BCUT2D eigenvalue weighted by atomic mass is 32.1. The van der Waals surface area contributed by atoms with Crippen molar-refractivity contribution in [1.29, 1.82) is 0 Å². The predicted molar refractivity (Wildman–Crippen MR) is 72.7 cm³/mol. The van der Waals surface area contributed by atoms with Crippen LogP contribution in [0, 0.1) is 6.92 Å². The van der Waals surface area contributed by atoms with Crippen LogP contribution in [-0.4, -0.2) is 10.1 Å². The van der Waals surface area contributed by atoms with Crippen LogP contribution in [-0.2, 0) is 0 Å². The van der Waals surface area contributed by atoms with Gasteiger partial charge in [-0.1, -0.05) is 0 Å². The summed E-state index contributed by atoms with van der Waals surface area (Å²) in [5, 5.41) is 14.3. The Hall–Kier alpha value is -1.23. The van der Waals surface area contributed by atoms with E-state index in [0.717, 1.165) is 21.3 Å². The van der Waals surface area contributed by atoms with Crippen molar-refractivity contribution in [2.45, 2.75) is 13.0 Å². The maximum atomic E-state index is 10.3.